The number of ether oxygens (including phenoxy) is 2. The highest BCUT2D eigenvalue weighted by Crippen LogP contribution is 2.45. The van der Waals surface area contributed by atoms with Crippen LogP contribution in [0.1, 0.15) is 45.1 Å². The highest BCUT2D eigenvalue weighted by atomic mass is 16.5. The molecule has 2 aromatic rings. The number of nitrogens with one attached hydrogen (secondary N) is 1. The summed E-state index contributed by atoms with van der Waals surface area (Å²) in [5, 5.41) is 3.29. The van der Waals surface area contributed by atoms with Crippen molar-refractivity contribution in [3.05, 3.63) is 82.7 Å². The predicted octanol–water partition coefficient (Wildman–Crippen LogP) is 4.92. The van der Waals surface area contributed by atoms with Crippen LogP contribution in [0.3, 0.4) is 0 Å². The van der Waals surface area contributed by atoms with Crippen LogP contribution < -0.4 is 5.32 Å². The number of hydrogen-bond acceptors (Lipinski definition) is 6. The van der Waals surface area contributed by atoms with Crippen molar-refractivity contribution in [2.45, 2.75) is 39.5 Å². The maximum Gasteiger partial charge on any atom is 0.336 e. The van der Waals surface area contributed by atoms with Crippen LogP contribution in [0.25, 0.3) is 11.1 Å². The Labute approximate surface area is 206 Å². The summed E-state index contributed by atoms with van der Waals surface area (Å²) in [5.41, 5.74) is 5.17. The lowest BCUT2D eigenvalue weighted by Gasteiger charge is -2.38. The number of hydrogen-bond donors (Lipinski definition) is 1. The molecule has 2 aromatic carbocycles. The van der Waals surface area contributed by atoms with E-state index in [1.807, 2.05) is 75.4 Å². The topological polar surface area (TPSA) is 81.7 Å². The van der Waals surface area contributed by atoms with Gasteiger partial charge in [0.2, 0.25) is 0 Å². The van der Waals surface area contributed by atoms with Crippen LogP contribution in [0.15, 0.2) is 77.1 Å². The van der Waals surface area contributed by atoms with E-state index in [9.17, 15) is 14.4 Å². The molecule has 1 N–H and O–H groups in total. The molecule has 0 spiro atoms. The van der Waals surface area contributed by atoms with E-state index in [1.54, 1.807) is 0 Å². The second-order valence-electron chi connectivity index (χ2n) is 9.16. The van der Waals surface area contributed by atoms with E-state index in [-0.39, 0.29) is 18.3 Å². The van der Waals surface area contributed by atoms with Gasteiger partial charge >= 0.3 is 11.9 Å². The fourth-order valence-electron chi connectivity index (χ4n) is 5.06. The molecule has 0 unspecified atom stereocenters. The van der Waals surface area contributed by atoms with Gasteiger partial charge in [-0.2, -0.15) is 0 Å². The Morgan fingerprint density at radius 2 is 1.69 bits per heavy atom. The Bertz CT molecular complexity index is 1190. The summed E-state index contributed by atoms with van der Waals surface area (Å²) in [6, 6.07) is 17.9. The molecule has 0 radical (unpaired) electrons. The lowest BCUT2D eigenvalue weighted by Crippen LogP contribution is -2.43. The first-order chi connectivity index (χ1) is 16.9. The van der Waals surface area contributed by atoms with Crippen LogP contribution in [-0.4, -0.2) is 31.4 Å². The van der Waals surface area contributed by atoms with Crippen molar-refractivity contribution in [2.24, 2.45) is 11.8 Å². The van der Waals surface area contributed by atoms with Crippen molar-refractivity contribution >= 4 is 17.7 Å². The molecule has 0 fully saturated rings. The van der Waals surface area contributed by atoms with Gasteiger partial charge in [-0.3, -0.25) is 9.59 Å². The third kappa shape index (κ3) is 4.65. The lowest BCUT2D eigenvalue weighted by molar-refractivity contribution is -0.151. The quantitative estimate of drug-likeness (QED) is 0.474. The zero-order chi connectivity index (χ0) is 25.1. The largest absolute Gasteiger partial charge is 0.468 e. The third-order valence-corrected chi connectivity index (χ3v) is 6.75. The molecule has 35 heavy (non-hydrogen) atoms. The van der Waals surface area contributed by atoms with Crippen LogP contribution in [0.4, 0.5) is 0 Å². The van der Waals surface area contributed by atoms with Gasteiger partial charge in [-0.25, -0.2) is 4.79 Å². The van der Waals surface area contributed by atoms with Crippen LogP contribution in [0.5, 0.6) is 0 Å². The minimum absolute atomic E-state index is 0.219. The lowest BCUT2D eigenvalue weighted by atomic mass is 9.69. The van der Waals surface area contributed by atoms with E-state index < -0.39 is 23.8 Å². The molecule has 0 aromatic heterocycles. The number of allylic oxidation sites excluding steroid dienone is 3. The normalized spacial score (nSPS) is 21.8. The van der Waals surface area contributed by atoms with Crippen LogP contribution in [0, 0.1) is 11.8 Å². The number of carbonyl (C=O) groups is 3. The molecule has 2 aliphatic rings. The average Bonchev–Trinajstić information content (AvgIpc) is 2.86. The monoisotopic (exact) mass is 473 g/mol. The molecular formula is C29H31NO5. The molecule has 3 atom stereocenters. The SMILES string of the molecule is CCCOC(=O)C1=C(C)NC2=C(C(=O)[C@@H](C(=O)OC)[C@H](C)C2)[C@H]1c1ccc(-c2ccccc2)cc1. The molecule has 0 amide bonds. The van der Waals surface area contributed by atoms with Gasteiger partial charge in [-0.05, 0) is 42.4 Å². The number of benzene rings is 2. The van der Waals surface area contributed by atoms with E-state index >= 15 is 0 Å². The summed E-state index contributed by atoms with van der Waals surface area (Å²) in [7, 11) is 1.29. The van der Waals surface area contributed by atoms with Gasteiger partial charge in [0.1, 0.15) is 5.92 Å². The molecule has 0 bridgehead atoms. The first-order valence-corrected chi connectivity index (χ1v) is 12.0. The minimum Gasteiger partial charge on any atom is -0.468 e. The number of dihydropyridines is 1. The number of methoxy groups -OCH3 is 1. The predicted molar refractivity (Wildman–Crippen MR) is 133 cm³/mol. The van der Waals surface area contributed by atoms with E-state index in [4.69, 9.17) is 9.47 Å². The molecule has 1 heterocycles. The van der Waals surface area contributed by atoms with E-state index in [0.29, 0.717) is 29.7 Å². The van der Waals surface area contributed by atoms with E-state index in [2.05, 4.69) is 5.32 Å². The van der Waals surface area contributed by atoms with Gasteiger partial charge in [0.25, 0.3) is 0 Å². The number of esters is 2. The van der Waals surface area contributed by atoms with E-state index in [0.717, 1.165) is 22.4 Å². The Hall–Kier alpha value is -3.67. The smallest absolute Gasteiger partial charge is 0.336 e. The number of carbonyl (C=O) groups excluding carboxylic acids is 3. The Morgan fingerprint density at radius 1 is 1.03 bits per heavy atom. The summed E-state index contributed by atoms with van der Waals surface area (Å²) in [6.07, 6.45) is 1.20. The van der Waals surface area contributed by atoms with Crippen molar-refractivity contribution in [1.82, 2.24) is 5.32 Å². The van der Waals surface area contributed by atoms with Crippen molar-refractivity contribution in [1.29, 1.82) is 0 Å². The highest BCUT2D eigenvalue weighted by molar-refractivity contribution is 6.12. The number of Topliss-reactive ketones (excluding diaryl/α,β-unsaturated/α-hetero) is 1. The summed E-state index contributed by atoms with van der Waals surface area (Å²) in [6.45, 7) is 5.93. The average molecular weight is 474 g/mol. The fraction of sp³-hybridized carbons (Fsp3) is 0.345. The maximum atomic E-state index is 13.8. The van der Waals surface area contributed by atoms with Gasteiger partial charge < -0.3 is 14.8 Å². The second kappa shape index (κ2) is 10.3. The Kier molecular flexibility index (Phi) is 7.20. The second-order valence-corrected chi connectivity index (χ2v) is 9.16. The molecule has 1 aliphatic carbocycles. The molecule has 0 saturated carbocycles. The Morgan fingerprint density at radius 3 is 2.31 bits per heavy atom. The number of rotatable bonds is 6. The molecule has 6 heteroatoms. The van der Waals surface area contributed by atoms with Gasteiger partial charge in [0, 0.05) is 22.9 Å². The van der Waals surface area contributed by atoms with Gasteiger partial charge in [0.05, 0.1) is 19.3 Å². The summed E-state index contributed by atoms with van der Waals surface area (Å²) >= 11 is 0. The molecule has 4 rings (SSSR count). The Balaban J connectivity index is 1.82. The maximum absolute atomic E-state index is 13.8. The van der Waals surface area contributed by atoms with Crippen molar-refractivity contribution in [2.75, 3.05) is 13.7 Å². The minimum atomic E-state index is -0.905. The first kappa shape index (κ1) is 24.5. The zero-order valence-electron chi connectivity index (χ0n) is 20.6. The molecule has 1 aliphatic heterocycles. The van der Waals surface area contributed by atoms with Crippen LogP contribution >= 0.6 is 0 Å². The highest BCUT2D eigenvalue weighted by Gasteiger charge is 2.47. The number of ketones is 1. The van der Waals surface area contributed by atoms with Crippen molar-refractivity contribution in [3.63, 3.8) is 0 Å². The fourth-order valence-corrected chi connectivity index (χ4v) is 5.06. The van der Waals surface area contributed by atoms with Crippen molar-refractivity contribution < 1.29 is 23.9 Å². The molecular weight excluding hydrogens is 442 g/mol. The molecule has 0 saturated heterocycles. The van der Waals surface area contributed by atoms with Gasteiger partial charge in [-0.15, -0.1) is 0 Å². The van der Waals surface area contributed by atoms with Crippen LogP contribution in [-0.2, 0) is 23.9 Å². The first-order valence-electron chi connectivity index (χ1n) is 12.0. The molecule has 182 valence electrons. The summed E-state index contributed by atoms with van der Waals surface area (Å²) in [4.78, 5) is 39.5. The van der Waals surface area contributed by atoms with Crippen LogP contribution in [0.2, 0.25) is 0 Å². The molecule has 6 nitrogen and oxygen atoms in total. The third-order valence-electron chi connectivity index (χ3n) is 6.75. The standard InChI is InChI=1S/C29H31NO5/c1-5-15-35-29(33)24-18(3)30-22-16-17(2)23(28(32)34-4)27(31)26(22)25(24)21-13-11-20(12-14-21)19-9-7-6-8-10-19/h6-14,17,23,25,30H,5,15-16H2,1-4H3/t17-,23+,25+/m1/s1. The summed E-state index contributed by atoms with van der Waals surface area (Å²) in [5.74, 6) is -3.06. The summed E-state index contributed by atoms with van der Waals surface area (Å²) < 4.78 is 10.5. The van der Waals surface area contributed by atoms with Gasteiger partial charge in [0.15, 0.2) is 5.78 Å². The zero-order valence-corrected chi connectivity index (χ0v) is 20.6. The van der Waals surface area contributed by atoms with Crippen molar-refractivity contribution in [3.8, 4) is 11.1 Å². The van der Waals surface area contributed by atoms with E-state index in [1.165, 1.54) is 7.11 Å². The van der Waals surface area contributed by atoms with Gasteiger partial charge in [-0.1, -0.05) is 68.4 Å².